The van der Waals surface area contributed by atoms with E-state index >= 15 is 0 Å². The van der Waals surface area contributed by atoms with E-state index in [0.29, 0.717) is 16.4 Å². The number of halogens is 1. The SMILES string of the molecule is O=C(c1ccc(Cl)nc1)c1cnnn1-c1ccccc1. The largest absolute Gasteiger partial charge is 0.287 e. The minimum Gasteiger partial charge on any atom is -0.287 e. The van der Waals surface area contributed by atoms with Crippen LogP contribution in [0.1, 0.15) is 16.1 Å². The fraction of sp³-hybridized carbons (Fsp3) is 0. The Hall–Kier alpha value is -2.53. The van der Waals surface area contributed by atoms with Gasteiger partial charge < -0.3 is 0 Å². The highest BCUT2D eigenvalue weighted by Gasteiger charge is 2.16. The van der Waals surface area contributed by atoms with Gasteiger partial charge in [-0.2, -0.15) is 0 Å². The summed E-state index contributed by atoms with van der Waals surface area (Å²) in [5.74, 6) is -0.206. The van der Waals surface area contributed by atoms with Crippen LogP contribution in [-0.4, -0.2) is 25.8 Å². The number of para-hydroxylation sites is 1. The lowest BCUT2D eigenvalue weighted by molar-refractivity contribution is 0.103. The van der Waals surface area contributed by atoms with Gasteiger partial charge in [-0.1, -0.05) is 35.0 Å². The van der Waals surface area contributed by atoms with Crippen molar-refractivity contribution in [2.75, 3.05) is 0 Å². The Morgan fingerprint density at radius 2 is 1.85 bits per heavy atom. The predicted molar refractivity (Wildman–Crippen MR) is 74.0 cm³/mol. The van der Waals surface area contributed by atoms with E-state index in [1.807, 2.05) is 30.3 Å². The summed E-state index contributed by atoms with van der Waals surface area (Å²) in [4.78, 5) is 16.3. The van der Waals surface area contributed by atoms with Crippen molar-refractivity contribution in [3.63, 3.8) is 0 Å². The van der Waals surface area contributed by atoms with Gasteiger partial charge in [-0.05, 0) is 24.3 Å². The maximum absolute atomic E-state index is 12.4. The van der Waals surface area contributed by atoms with Crippen molar-refractivity contribution in [1.29, 1.82) is 0 Å². The molecule has 3 aromatic rings. The first kappa shape index (κ1) is 12.5. The molecule has 2 heterocycles. The van der Waals surface area contributed by atoms with Crippen LogP contribution in [0.5, 0.6) is 0 Å². The Kier molecular flexibility index (Phi) is 3.26. The summed E-state index contributed by atoms with van der Waals surface area (Å²) < 4.78 is 1.50. The van der Waals surface area contributed by atoms with Crippen LogP contribution in [0.4, 0.5) is 0 Å². The lowest BCUT2D eigenvalue weighted by Gasteiger charge is -2.05. The number of hydrogen-bond acceptors (Lipinski definition) is 4. The van der Waals surface area contributed by atoms with Gasteiger partial charge in [-0.15, -0.1) is 5.10 Å². The van der Waals surface area contributed by atoms with E-state index < -0.39 is 0 Å². The number of aromatic nitrogens is 4. The van der Waals surface area contributed by atoms with Crippen molar-refractivity contribution in [2.45, 2.75) is 0 Å². The lowest BCUT2D eigenvalue weighted by Crippen LogP contribution is -2.10. The monoisotopic (exact) mass is 284 g/mol. The molecule has 0 atom stereocenters. The van der Waals surface area contributed by atoms with Crippen molar-refractivity contribution in [2.24, 2.45) is 0 Å². The second-order valence-corrected chi connectivity index (χ2v) is 4.45. The summed E-state index contributed by atoms with van der Waals surface area (Å²) in [6, 6.07) is 12.5. The third-order valence-electron chi connectivity index (χ3n) is 2.77. The summed E-state index contributed by atoms with van der Waals surface area (Å²) >= 11 is 5.72. The maximum atomic E-state index is 12.4. The van der Waals surface area contributed by atoms with Crippen LogP contribution < -0.4 is 0 Å². The highest BCUT2D eigenvalue weighted by Crippen LogP contribution is 2.14. The Morgan fingerprint density at radius 1 is 1.05 bits per heavy atom. The summed E-state index contributed by atoms with van der Waals surface area (Å²) in [7, 11) is 0. The molecule has 0 aliphatic heterocycles. The van der Waals surface area contributed by atoms with Gasteiger partial charge in [0.15, 0.2) is 0 Å². The Labute approximate surface area is 119 Å². The average Bonchev–Trinajstić information content (AvgIpc) is 2.97. The van der Waals surface area contributed by atoms with E-state index in [1.165, 1.54) is 17.1 Å². The summed E-state index contributed by atoms with van der Waals surface area (Å²) in [6.45, 7) is 0. The molecule has 0 amide bonds. The molecule has 0 spiro atoms. The van der Waals surface area contributed by atoms with Crippen LogP contribution in [0.15, 0.2) is 54.9 Å². The van der Waals surface area contributed by atoms with Gasteiger partial charge in [0, 0.05) is 11.8 Å². The molecule has 0 radical (unpaired) electrons. The van der Waals surface area contributed by atoms with Crippen LogP contribution in [0, 0.1) is 0 Å². The van der Waals surface area contributed by atoms with Crippen LogP contribution in [0.25, 0.3) is 5.69 Å². The van der Waals surface area contributed by atoms with Crippen molar-refractivity contribution in [3.05, 3.63) is 71.3 Å². The molecule has 0 aliphatic carbocycles. The third kappa shape index (κ3) is 2.31. The summed E-state index contributed by atoms with van der Waals surface area (Å²) in [5, 5.41) is 8.10. The van der Waals surface area contributed by atoms with E-state index in [0.717, 1.165) is 5.69 Å². The smallest absolute Gasteiger partial charge is 0.214 e. The fourth-order valence-corrected chi connectivity index (χ4v) is 1.92. The molecule has 20 heavy (non-hydrogen) atoms. The molecule has 0 unspecified atom stereocenters. The maximum Gasteiger partial charge on any atom is 0.214 e. The van der Waals surface area contributed by atoms with Gasteiger partial charge in [0.1, 0.15) is 10.8 Å². The van der Waals surface area contributed by atoms with Crippen molar-refractivity contribution >= 4 is 17.4 Å². The van der Waals surface area contributed by atoms with E-state index in [4.69, 9.17) is 11.6 Å². The second kappa shape index (κ2) is 5.22. The first-order valence-electron chi connectivity index (χ1n) is 5.88. The van der Waals surface area contributed by atoms with Gasteiger partial charge in [0.2, 0.25) is 5.78 Å². The molecule has 0 fully saturated rings. The number of carbonyl (C=O) groups is 1. The third-order valence-corrected chi connectivity index (χ3v) is 3.00. The topological polar surface area (TPSA) is 60.7 Å². The fourth-order valence-electron chi connectivity index (χ4n) is 1.81. The predicted octanol–water partition coefficient (Wildman–Crippen LogP) is 2.55. The van der Waals surface area contributed by atoms with Gasteiger partial charge in [0.25, 0.3) is 0 Å². The van der Waals surface area contributed by atoms with Gasteiger partial charge >= 0.3 is 0 Å². The van der Waals surface area contributed by atoms with Gasteiger partial charge in [-0.25, -0.2) is 9.67 Å². The molecule has 1 aromatic carbocycles. The molecule has 0 saturated carbocycles. The number of nitrogens with zero attached hydrogens (tertiary/aromatic N) is 4. The van der Waals surface area contributed by atoms with E-state index in [1.54, 1.807) is 12.1 Å². The zero-order valence-corrected chi connectivity index (χ0v) is 11.0. The Morgan fingerprint density at radius 3 is 2.55 bits per heavy atom. The van der Waals surface area contributed by atoms with Crippen LogP contribution in [-0.2, 0) is 0 Å². The highest BCUT2D eigenvalue weighted by molar-refractivity contribution is 6.29. The first-order valence-corrected chi connectivity index (χ1v) is 6.26. The molecule has 0 bridgehead atoms. The van der Waals surface area contributed by atoms with Crippen LogP contribution in [0.2, 0.25) is 5.15 Å². The van der Waals surface area contributed by atoms with Gasteiger partial charge in [-0.3, -0.25) is 4.79 Å². The molecule has 0 N–H and O–H groups in total. The number of ketones is 1. The average molecular weight is 285 g/mol. The standard InChI is InChI=1S/C14H9ClN4O/c15-13-7-6-10(8-16-13)14(20)12-9-17-18-19(12)11-4-2-1-3-5-11/h1-9H. The summed E-state index contributed by atoms with van der Waals surface area (Å²) in [6.07, 6.45) is 2.87. The molecule has 5 nitrogen and oxygen atoms in total. The molecule has 98 valence electrons. The van der Waals surface area contributed by atoms with Crippen molar-refractivity contribution < 1.29 is 4.79 Å². The van der Waals surface area contributed by atoms with Gasteiger partial charge in [0.05, 0.1) is 11.9 Å². The zero-order valence-electron chi connectivity index (χ0n) is 10.3. The lowest BCUT2D eigenvalue weighted by atomic mass is 10.1. The number of rotatable bonds is 3. The van der Waals surface area contributed by atoms with E-state index in [9.17, 15) is 4.79 Å². The number of pyridine rings is 1. The van der Waals surface area contributed by atoms with Crippen LogP contribution in [0.3, 0.4) is 0 Å². The molecular weight excluding hydrogens is 276 g/mol. The van der Waals surface area contributed by atoms with Crippen LogP contribution >= 0.6 is 11.6 Å². The Bertz CT molecular complexity index is 737. The highest BCUT2D eigenvalue weighted by atomic mass is 35.5. The minimum absolute atomic E-state index is 0.206. The molecule has 0 saturated heterocycles. The first-order chi connectivity index (χ1) is 9.75. The summed E-state index contributed by atoms with van der Waals surface area (Å²) in [5.41, 5.74) is 1.59. The quantitative estimate of drug-likeness (QED) is 0.548. The number of benzene rings is 1. The minimum atomic E-state index is -0.206. The van der Waals surface area contributed by atoms with E-state index in [2.05, 4.69) is 15.3 Å². The molecule has 3 rings (SSSR count). The zero-order chi connectivity index (χ0) is 13.9. The normalized spacial score (nSPS) is 10.4. The van der Waals surface area contributed by atoms with Crippen molar-refractivity contribution in [3.8, 4) is 5.69 Å². The molecule has 6 heteroatoms. The second-order valence-electron chi connectivity index (χ2n) is 4.07. The Balaban J connectivity index is 2.02. The number of hydrogen-bond donors (Lipinski definition) is 0. The molecule has 2 aromatic heterocycles. The molecule has 0 aliphatic rings. The molecular formula is C14H9ClN4O. The number of carbonyl (C=O) groups excluding carboxylic acids is 1. The van der Waals surface area contributed by atoms with E-state index in [-0.39, 0.29) is 5.78 Å². The van der Waals surface area contributed by atoms with Crippen molar-refractivity contribution in [1.82, 2.24) is 20.0 Å².